The van der Waals surface area contributed by atoms with Gasteiger partial charge in [-0.2, -0.15) is 0 Å². The van der Waals surface area contributed by atoms with Crippen LogP contribution in [0.5, 0.6) is 5.75 Å². The summed E-state index contributed by atoms with van der Waals surface area (Å²) in [5, 5.41) is 3.33. The van der Waals surface area contributed by atoms with Crippen molar-refractivity contribution in [2.45, 2.75) is 39.0 Å². The minimum Gasteiger partial charge on any atom is -0.494 e. The molecule has 1 aromatic rings. The first-order chi connectivity index (χ1) is 9.83. The maximum Gasteiger partial charge on any atom is 0.119 e. The second-order valence-corrected chi connectivity index (χ2v) is 5.59. The van der Waals surface area contributed by atoms with Crippen LogP contribution in [-0.4, -0.2) is 20.2 Å². The van der Waals surface area contributed by atoms with E-state index in [1.165, 1.54) is 37.7 Å². The zero-order chi connectivity index (χ0) is 14.2. The van der Waals surface area contributed by atoms with Crippen LogP contribution in [0.2, 0.25) is 0 Å². The van der Waals surface area contributed by atoms with Crippen LogP contribution >= 0.6 is 0 Å². The molecule has 1 saturated carbocycles. The second kappa shape index (κ2) is 8.11. The Balaban J connectivity index is 2.16. The largest absolute Gasteiger partial charge is 0.494 e. The number of likely N-dealkylation sites (N-methyl/N-ethyl adjacent to an activating group) is 1. The average Bonchev–Trinajstić information content (AvgIpc) is 2.48. The van der Waals surface area contributed by atoms with Gasteiger partial charge in [0.1, 0.15) is 5.75 Å². The van der Waals surface area contributed by atoms with Gasteiger partial charge in [0.15, 0.2) is 0 Å². The molecule has 1 aliphatic rings. The fraction of sp³-hybridized carbons (Fsp3) is 0.556. The van der Waals surface area contributed by atoms with E-state index in [2.05, 4.69) is 29.6 Å². The fourth-order valence-electron chi connectivity index (χ4n) is 3.07. The summed E-state index contributed by atoms with van der Waals surface area (Å²) in [6.45, 7) is 3.74. The van der Waals surface area contributed by atoms with Crippen molar-refractivity contribution in [1.29, 1.82) is 0 Å². The monoisotopic (exact) mass is 273 g/mol. The molecule has 0 unspecified atom stereocenters. The van der Waals surface area contributed by atoms with E-state index in [1.807, 2.05) is 20.0 Å². The summed E-state index contributed by atoms with van der Waals surface area (Å²) in [6, 6.07) is 8.41. The van der Waals surface area contributed by atoms with Gasteiger partial charge in [0, 0.05) is 6.54 Å². The molecule has 1 aliphatic carbocycles. The molecule has 0 amide bonds. The molecule has 20 heavy (non-hydrogen) atoms. The van der Waals surface area contributed by atoms with Crippen LogP contribution in [-0.2, 0) is 0 Å². The number of benzene rings is 1. The van der Waals surface area contributed by atoms with Gasteiger partial charge in [0.2, 0.25) is 0 Å². The Morgan fingerprint density at radius 2 is 2.10 bits per heavy atom. The van der Waals surface area contributed by atoms with Crippen LogP contribution in [0.25, 0.3) is 6.08 Å². The number of hydrogen-bond acceptors (Lipinski definition) is 2. The lowest BCUT2D eigenvalue weighted by atomic mass is 9.83. The van der Waals surface area contributed by atoms with Crippen LogP contribution in [0.1, 0.15) is 44.6 Å². The standard InChI is InChI=1S/C18H27NO/c1-3-20-18-11-7-8-15(13-18)12-17(14-19-2)16-9-5-4-6-10-16/h7-8,11-13,16,19H,3-6,9-10,14H2,1-2H3/b17-12-. The predicted octanol–water partition coefficient (Wildman–Crippen LogP) is 4.27. The molecule has 110 valence electrons. The molecule has 0 saturated heterocycles. The SMILES string of the molecule is CCOc1cccc(/C=C(/CNC)C2CCCCC2)c1. The maximum absolute atomic E-state index is 5.59. The summed E-state index contributed by atoms with van der Waals surface area (Å²) >= 11 is 0. The summed E-state index contributed by atoms with van der Waals surface area (Å²) in [5.41, 5.74) is 2.80. The van der Waals surface area contributed by atoms with Crippen molar-refractivity contribution in [3.63, 3.8) is 0 Å². The van der Waals surface area contributed by atoms with Gasteiger partial charge in [-0.3, -0.25) is 0 Å². The predicted molar refractivity (Wildman–Crippen MR) is 86.1 cm³/mol. The number of nitrogens with one attached hydrogen (secondary N) is 1. The van der Waals surface area contributed by atoms with E-state index in [0.29, 0.717) is 0 Å². The van der Waals surface area contributed by atoms with Gasteiger partial charge in [0.05, 0.1) is 6.61 Å². The lowest BCUT2D eigenvalue weighted by Crippen LogP contribution is -2.19. The molecule has 1 N–H and O–H groups in total. The molecule has 0 bridgehead atoms. The van der Waals surface area contributed by atoms with E-state index < -0.39 is 0 Å². The topological polar surface area (TPSA) is 21.3 Å². The van der Waals surface area contributed by atoms with Crippen molar-refractivity contribution < 1.29 is 4.74 Å². The second-order valence-electron chi connectivity index (χ2n) is 5.59. The molecule has 0 spiro atoms. The van der Waals surface area contributed by atoms with Crippen molar-refractivity contribution >= 4 is 6.08 Å². The molecule has 2 rings (SSSR count). The lowest BCUT2D eigenvalue weighted by molar-refractivity contribution is 0.340. The summed E-state index contributed by atoms with van der Waals surface area (Å²) in [5.74, 6) is 1.72. The number of hydrogen-bond donors (Lipinski definition) is 1. The van der Waals surface area contributed by atoms with Gasteiger partial charge in [-0.15, -0.1) is 0 Å². The van der Waals surface area contributed by atoms with Crippen LogP contribution in [0.4, 0.5) is 0 Å². The smallest absolute Gasteiger partial charge is 0.119 e. The third-order valence-corrected chi connectivity index (χ3v) is 4.03. The van der Waals surface area contributed by atoms with Gasteiger partial charge in [-0.25, -0.2) is 0 Å². The van der Waals surface area contributed by atoms with Crippen molar-refractivity contribution in [3.8, 4) is 5.75 Å². The molecular weight excluding hydrogens is 246 g/mol. The Bertz CT molecular complexity index is 433. The van der Waals surface area contributed by atoms with Gasteiger partial charge in [0.25, 0.3) is 0 Å². The van der Waals surface area contributed by atoms with Gasteiger partial charge in [-0.05, 0) is 50.4 Å². The third kappa shape index (κ3) is 4.38. The summed E-state index contributed by atoms with van der Waals surface area (Å²) in [4.78, 5) is 0. The molecule has 2 heteroatoms. The van der Waals surface area contributed by atoms with Crippen LogP contribution < -0.4 is 10.1 Å². The molecule has 1 fully saturated rings. The van der Waals surface area contributed by atoms with Crippen LogP contribution in [0, 0.1) is 5.92 Å². The molecule has 2 nitrogen and oxygen atoms in total. The highest BCUT2D eigenvalue weighted by atomic mass is 16.5. The zero-order valence-electron chi connectivity index (χ0n) is 12.8. The molecule has 0 radical (unpaired) electrons. The van der Waals surface area contributed by atoms with Gasteiger partial charge < -0.3 is 10.1 Å². The van der Waals surface area contributed by atoms with Crippen molar-refractivity contribution in [2.24, 2.45) is 5.92 Å². The van der Waals surface area contributed by atoms with E-state index in [0.717, 1.165) is 24.8 Å². The molecular formula is C18H27NO. The van der Waals surface area contributed by atoms with E-state index in [9.17, 15) is 0 Å². The third-order valence-electron chi connectivity index (χ3n) is 4.03. The van der Waals surface area contributed by atoms with Crippen LogP contribution in [0.15, 0.2) is 29.8 Å². The molecule has 0 atom stereocenters. The Morgan fingerprint density at radius 3 is 2.80 bits per heavy atom. The minimum atomic E-state index is 0.721. The zero-order valence-corrected chi connectivity index (χ0v) is 12.8. The van der Waals surface area contributed by atoms with Crippen molar-refractivity contribution in [3.05, 3.63) is 35.4 Å². The Labute approximate surface area is 123 Å². The minimum absolute atomic E-state index is 0.721. The highest BCUT2D eigenvalue weighted by Gasteiger charge is 2.17. The van der Waals surface area contributed by atoms with Gasteiger partial charge >= 0.3 is 0 Å². The maximum atomic E-state index is 5.59. The van der Waals surface area contributed by atoms with Crippen molar-refractivity contribution in [2.75, 3.05) is 20.2 Å². The first-order valence-corrected chi connectivity index (χ1v) is 7.91. The first-order valence-electron chi connectivity index (χ1n) is 7.91. The molecule has 0 heterocycles. The average molecular weight is 273 g/mol. The van der Waals surface area contributed by atoms with Gasteiger partial charge in [-0.1, -0.05) is 43.0 Å². The van der Waals surface area contributed by atoms with E-state index >= 15 is 0 Å². The summed E-state index contributed by atoms with van der Waals surface area (Å²) in [7, 11) is 2.04. The lowest BCUT2D eigenvalue weighted by Gasteiger charge is -2.24. The van der Waals surface area contributed by atoms with E-state index in [4.69, 9.17) is 4.74 Å². The quantitative estimate of drug-likeness (QED) is 0.836. The van der Waals surface area contributed by atoms with E-state index in [1.54, 1.807) is 5.57 Å². The highest BCUT2D eigenvalue weighted by Crippen LogP contribution is 2.30. The number of rotatable bonds is 6. The summed E-state index contributed by atoms with van der Waals surface area (Å²) < 4.78 is 5.59. The Hall–Kier alpha value is -1.28. The molecule has 1 aromatic carbocycles. The number of ether oxygens (including phenoxy) is 1. The summed E-state index contributed by atoms with van der Waals surface area (Å²) in [6.07, 6.45) is 9.21. The Morgan fingerprint density at radius 1 is 1.30 bits per heavy atom. The highest BCUT2D eigenvalue weighted by molar-refractivity contribution is 5.55. The normalized spacial score (nSPS) is 17.2. The fourth-order valence-corrected chi connectivity index (χ4v) is 3.07. The Kier molecular flexibility index (Phi) is 6.13. The molecule has 0 aliphatic heterocycles. The van der Waals surface area contributed by atoms with Crippen molar-refractivity contribution in [1.82, 2.24) is 5.32 Å². The van der Waals surface area contributed by atoms with Crippen LogP contribution in [0.3, 0.4) is 0 Å². The molecule has 0 aromatic heterocycles. The van der Waals surface area contributed by atoms with E-state index in [-0.39, 0.29) is 0 Å². The first kappa shape index (κ1) is 15.1.